The fourth-order valence-corrected chi connectivity index (χ4v) is 2.31. The highest BCUT2D eigenvalue weighted by Gasteiger charge is 2.35. The van der Waals surface area contributed by atoms with E-state index >= 15 is 0 Å². The Balaban J connectivity index is 2.28. The molecule has 1 fully saturated rings. The second kappa shape index (κ2) is 4.25. The Morgan fingerprint density at radius 1 is 1.69 bits per heavy atom. The zero-order chi connectivity index (χ0) is 11.7. The number of nitrogens with zero attached hydrogens (tertiary/aromatic N) is 2. The number of carboxylic acid groups (broad SMARTS) is 1. The van der Waals surface area contributed by atoms with E-state index in [1.165, 1.54) is 0 Å². The smallest absolute Gasteiger partial charge is 0.308 e. The van der Waals surface area contributed by atoms with Gasteiger partial charge < -0.3 is 10.4 Å². The molecule has 5 heteroatoms. The van der Waals surface area contributed by atoms with Gasteiger partial charge in [0.2, 0.25) is 0 Å². The van der Waals surface area contributed by atoms with Crippen molar-refractivity contribution in [3.8, 4) is 0 Å². The molecule has 0 saturated carbocycles. The van der Waals surface area contributed by atoms with Crippen LogP contribution in [0.5, 0.6) is 0 Å². The van der Waals surface area contributed by atoms with Gasteiger partial charge in [-0.2, -0.15) is 5.10 Å². The third kappa shape index (κ3) is 1.82. The van der Waals surface area contributed by atoms with Crippen molar-refractivity contribution in [3.05, 3.63) is 17.5 Å². The van der Waals surface area contributed by atoms with Crippen molar-refractivity contribution in [2.24, 2.45) is 13.0 Å². The summed E-state index contributed by atoms with van der Waals surface area (Å²) in [4.78, 5) is 11.1. The maximum atomic E-state index is 11.1. The van der Waals surface area contributed by atoms with Crippen molar-refractivity contribution in [2.45, 2.75) is 19.3 Å². The Hall–Kier alpha value is -1.36. The molecule has 16 heavy (non-hydrogen) atoms. The second-order valence-corrected chi connectivity index (χ2v) is 4.25. The van der Waals surface area contributed by atoms with E-state index in [4.69, 9.17) is 5.11 Å². The predicted molar refractivity (Wildman–Crippen MR) is 59.3 cm³/mol. The van der Waals surface area contributed by atoms with Crippen LogP contribution in [0.2, 0.25) is 0 Å². The average Bonchev–Trinajstić information content (AvgIpc) is 2.82. The quantitative estimate of drug-likeness (QED) is 0.777. The minimum absolute atomic E-state index is 0.0373. The molecule has 0 radical (unpaired) electrons. The van der Waals surface area contributed by atoms with Crippen LogP contribution >= 0.6 is 0 Å². The van der Waals surface area contributed by atoms with E-state index in [-0.39, 0.29) is 11.8 Å². The number of hydrogen-bond donors (Lipinski definition) is 2. The van der Waals surface area contributed by atoms with Gasteiger partial charge in [-0.3, -0.25) is 9.48 Å². The van der Waals surface area contributed by atoms with Crippen molar-refractivity contribution in [3.63, 3.8) is 0 Å². The topological polar surface area (TPSA) is 67.2 Å². The van der Waals surface area contributed by atoms with Crippen molar-refractivity contribution in [2.75, 3.05) is 13.1 Å². The molecule has 0 bridgehead atoms. The summed E-state index contributed by atoms with van der Waals surface area (Å²) in [7, 11) is 1.88. The van der Waals surface area contributed by atoms with Crippen molar-refractivity contribution in [1.82, 2.24) is 15.1 Å². The molecule has 1 aromatic rings. The maximum absolute atomic E-state index is 11.1. The molecule has 2 rings (SSSR count). The lowest BCUT2D eigenvalue weighted by atomic mass is 9.92. The predicted octanol–water partition coefficient (Wildman–Crippen LogP) is 0.370. The third-order valence-corrected chi connectivity index (χ3v) is 3.24. The number of carbonyl (C=O) groups is 1. The Morgan fingerprint density at radius 3 is 3.00 bits per heavy atom. The molecular weight excluding hydrogens is 206 g/mol. The van der Waals surface area contributed by atoms with E-state index < -0.39 is 5.97 Å². The molecule has 2 unspecified atom stereocenters. The number of hydrogen-bond acceptors (Lipinski definition) is 3. The van der Waals surface area contributed by atoms with Gasteiger partial charge >= 0.3 is 5.97 Å². The van der Waals surface area contributed by atoms with Gasteiger partial charge in [-0.05, 0) is 12.5 Å². The Kier molecular flexibility index (Phi) is 2.96. The molecule has 2 N–H and O–H groups in total. The lowest BCUT2D eigenvalue weighted by Crippen LogP contribution is -2.22. The first-order valence-corrected chi connectivity index (χ1v) is 5.59. The normalized spacial score (nSPS) is 24.9. The molecule has 1 aromatic heterocycles. The van der Waals surface area contributed by atoms with Crippen LogP contribution in [-0.4, -0.2) is 33.9 Å². The Bertz CT molecular complexity index is 400. The number of aliphatic carboxylic acids is 1. The van der Waals surface area contributed by atoms with Crippen LogP contribution in [0.1, 0.15) is 24.2 Å². The van der Waals surface area contributed by atoms with E-state index in [9.17, 15) is 4.79 Å². The Labute approximate surface area is 94.5 Å². The maximum Gasteiger partial charge on any atom is 0.308 e. The van der Waals surface area contributed by atoms with Crippen LogP contribution in [0.25, 0.3) is 0 Å². The van der Waals surface area contributed by atoms with Crippen molar-refractivity contribution in [1.29, 1.82) is 0 Å². The molecule has 0 aliphatic carbocycles. The van der Waals surface area contributed by atoms with Gasteiger partial charge in [-0.15, -0.1) is 0 Å². The summed E-state index contributed by atoms with van der Waals surface area (Å²) in [5.74, 6) is -1.02. The number of carboxylic acids is 1. The van der Waals surface area contributed by atoms with Gasteiger partial charge in [0.15, 0.2) is 0 Å². The summed E-state index contributed by atoms with van der Waals surface area (Å²) in [6.07, 6.45) is 0.881. The number of rotatable bonds is 3. The molecule has 0 aromatic carbocycles. The standard InChI is InChI=1S/C11H17N3O2/c1-3-7-4-10(14(2)13-7)8-5-12-6-9(8)11(15)16/h4,8-9,12H,3,5-6H2,1-2H3,(H,15,16). The van der Waals surface area contributed by atoms with Crippen LogP contribution < -0.4 is 5.32 Å². The molecule has 2 heterocycles. The summed E-state index contributed by atoms with van der Waals surface area (Å²) in [6, 6.07) is 2.02. The zero-order valence-electron chi connectivity index (χ0n) is 9.60. The number of aromatic nitrogens is 2. The molecule has 5 nitrogen and oxygen atoms in total. The largest absolute Gasteiger partial charge is 0.481 e. The van der Waals surface area contributed by atoms with Crippen molar-refractivity contribution < 1.29 is 9.90 Å². The molecule has 1 saturated heterocycles. The zero-order valence-corrected chi connectivity index (χ0v) is 9.60. The lowest BCUT2D eigenvalue weighted by molar-refractivity contribution is -0.141. The molecule has 0 amide bonds. The van der Waals surface area contributed by atoms with Gasteiger partial charge in [-0.1, -0.05) is 6.92 Å². The van der Waals surface area contributed by atoms with Crippen molar-refractivity contribution >= 4 is 5.97 Å². The monoisotopic (exact) mass is 223 g/mol. The van der Waals surface area contributed by atoms with Gasteiger partial charge in [0.05, 0.1) is 11.6 Å². The van der Waals surface area contributed by atoms with Crippen LogP contribution in [-0.2, 0) is 18.3 Å². The third-order valence-electron chi connectivity index (χ3n) is 3.24. The second-order valence-electron chi connectivity index (χ2n) is 4.25. The SMILES string of the molecule is CCc1cc(C2CNCC2C(=O)O)n(C)n1. The van der Waals surface area contributed by atoms with E-state index in [1.807, 2.05) is 24.7 Å². The molecular formula is C11H17N3O2. The number of nitrogens with one attached hydrogen (secondary N) is 1. The van der Waals surface area contributed by atoms with Crippen LogP contribution in [0.4, 0.5) is 0 Å². The van der Waals surface area contributed by atoms with E-state index in [2.05, 4.69) is 10.4 Å². The van der Waals surface area contributed by atoms with Gasteiger partial charge in [0, 0.05) is 31.7 Å². The molecule has 88 valence electrons. The van der Waals surface area contributed by atoms with Crippen LogP contribution in [0, 0.1) is 5.92 Å². The summed E-state index contributed by atoms with van der Waals surface area (Å²) >= 11 is 0. The van der Waals surface area contributed by atoms with Crippen LogP contribution in [0.3, 0.4) is 0 Å². The summed E-state index contributed by atoms with van der Waals surface area (Å²) < 4.78 is 1.81. The van der Waals surface area contributed by atoms with Gasteiger partial charge in [-0.25, -0.2) is 0 Å². The van der Waals surface area contributed by atoms with E-state index in [1.54, 1.807) is 0 Å². The lowest BCUT2D eigenvalue weighted by Gasteiger charge is -2.14. The van der Waals surface area contributed by atoms with Gasteiger partial charge in [0.25, 0.3) is 0 Å². The summed E-state index contributed by atoms with van der Waals surface area (Å²) in [6.45, 7) is 3.32. The highest BCUT2D eigenvalue weighted by Crippen LogP contribution is 2.28. The first kappa shape index (κ1) is 11.1. The summed E-state index contributed by atoms with van der Waals surface area (Å²) in [5, 5.41) is 16.6. The highest BCUT2D eigenvalue weighted by atomic mass is 16.4. The Morgan fingerprint density at radius 2 is 2.44 bits per heavy atom. The minimum Gasteiger partial charge on any atom is -0.481 e. The number of aryl methyl sites for hydroxylation is 2. The van der Waals surface area contributed by atoms with E-state index in [0.717, 1.165) is 24.4 Å². The summed E-state index contributed by atoms with van der Waals surface area (Å²) in [5.41, 5.74) is 2.04. The average molecular weight is 223 g/mol. The molecule has 2 atom stereocenters. The molecule has 1 aliphatic heterocycles. The van der Waals surface area contributed by atoms with Gasteiger partial charge in [0.1, 0.15) is 0 Å². The molecule has 1 aliphatic rings. The van der Waals surface area contributed by atoms with E-state index in [0.29, 0.717) is 6.54 Å². The molecule has 0 spiro atoms. The first-order chi connectivity index (χ1) is 7.63. The highest BCUT2D eigenvalue weighted by molar-refractivity contribution is 5.72. The fraction of sp³-hybridized carbons (Fsp3) is 0.636. The fourth-order valence-electron chi connectivity index (χ4n) is 2.31. The minimum atomic E-state index is -0.728. The first-order valence-electron chi connectivity index (χ1n) is 5.59. The van der Waals surface area contributed by atoms with Crippen LogP contribution in [0.15, 0.2) is 6.07 Å².